The van der Waals surface area contributed by atoms with Crippen LogP contribution in [0, 0.1) is 5.82 Å². The molecular weight excluding hydrogens is 231 g/mol. The van der Waals surface area contributed by atoms with Gasteiger partial charge in [-0.15, -0.1) is 0 Å². The minimum Gasteiger partial charge on any atom is -0.380 e. The standard InChI is InChI=1S/C14H21FN2O/c1-10(16)13-8-11(15)5-6-14(13)17-7-3-4-12(9-17)18-2/h5-6,8,10,12H,3-4,7,9,16H2,1-2H3/t10-,12?/m0/s1. The molecule has 0 bridgehead atoms. The lowest BCUT2D eigenvalue weighted by Gasteiger charge is -2.35. The molecule has 2 rings (SSSR count). The van der Waals surface area contributed by atoms with Crippen LogP contribution in [0.2, 0.25) is 0 Å². The van der Waals surface area contributed by atoms with Crippen LogP contribution in [0.3, 0.4) is 0 Å². The molecular formula is C14H21FN2O. The predicted octanol–water partition coefficient (Wildman–Crippen LogP) is 2.46. The number of piperidine rings is 1. The maximum atomic E-state index is 13.3. The second-order valence-corrected chi connectivity index (χ2v) is 4.94. The van der Waals surface area contributed by atoms with Crippen molar-refractivity contribution in [1.29, 1.82) is 0 Å². The van der Waals surface area contributed by atoms with Crippen LogP contribution in [0.25, 0.3) is 0 Å². The van der Waals surface area contributed by atoms with Crippen molar-refractivity contribution < 1.29 is 9.13 Å². The average Bonchev–Trinajstić information content (AvgIpc) is 2.38. The number of anilines is 1. The SMILES string of the molecule is COC1CCCN(c2ccc(F)cc2[C@H](C)N)C1. The summed E-state index contributed by atoms with van der Waals surface area (Å²) in [5.41, 5.74) is 7.84. The Hall–Kier alpha value is -1.13. The molecule has 1 aromatic rings. The van der Waals surface area contributed by atoms with E-state index in [1.165, 1.54) is 12.1 Å². The Balaban J connectivity index is 2.26. The Morgan fingerprint density at radius 2 is 2.28 bits per heavy atom. The first-order chi connectivity index (χ1) is 8.61. The molecule has 1 saturated heterocycles. The zero-order valence-corrected chi connectivity index (χ0v) is 11.0. The van der Waals surface area contributed by atoms with Gasteiger partial charge in [-0.25, -0.2) is 4.39 Å². The molecule has 1 unspecified atom stereocenters. The molecule has 0 aromatic heterocycles. The second-order valence-electron chi connectivity index (χ2n) is 4.94. The highest BCUT2D eigenvalue weighted by atomic mass is 19.1. The first kappa shape index (κ1) is 13.3. The summed E-state index contributed by atoms with van der Waals surface area (Å²) in [5, 5.41) is 0. The molecule has 0 radical (unpaired) electrons. The fourth-order valence-electron chi connectivity index (χ4n) is 2.53. The maximum absolute atomic E-state index is 13.3. The van der Waals surface area contributed by atoms with E-state index in [-0.39, 0.29) is 18.0 Å². The Bertz CT molecular complexity index is 409. The van der Waals surface area contributed by atoms with E-state index in [9.17, 15) is 4.39 Å². The quantitative estimate of drug-likeness (QED) is 0.898. The fourth-order valence-corrected chi connectivity index (χ4v) is 2.53. The number of rotatable bonds is 3. The van der Waals surface area contributed by atoms with Crippen molar-refractivity contribution in [3.05, 3.63) is 29.6 Å². The van der Waals surface area contributed by atoms with Crippen LogP contribution in [0.4, 0.5) is 10.1 Å². The lowest BCUT2D eigenvalue weighted by molar-refractivity contribution is 0.0893. The van der Waals surface area contributed by atoms with Gasteiger partial charge in [-0.3, -0.25) is 0 Å². The fraction of sp³-hybridized carbons (Fsp3) is 0.571. The first-order valence-corrected chi connectivity index (χ1v) is 6.44. The van der Waals surface area contributed by atoms with Crippen molar-refractivity contribution in [3.63, 3.8) is 0 Å². The maximum Gasteiger partial charge on any atom is 0.123 e. The van der Waals surface area contributed by atoms with Gasteiger partial charge in [0.1, 0.15) is 5.82 Å². The van der Waals surface area contributed by atoms with Crippen LogP contribution in [0.1, 0.15) is 31.4 Å². The van der Waals surface area contributed by atoms with Gasteiger partial charge in [0, 0.05) is 31.9 Å². The zero-order valence-electron chi connectivity index (χ0n) is 11.0. The normalized spacial score (nSPS) is 22.0. The Morgan fingerprint density at radius 3 is 2.94 bits per heavy atom. The predicted molar refractivity (Wildman–Crippen MR) is 71.2 cm³/mol. The summed E-state index contributed by atoms with van der Waals surface area (Å²) in [6.07, 6.45) is 2.43. The van der Waals surface area contributed by atoms with Gasteiger partial charge in [0.25, 0.3) is 0 Å². The lowest BCUT2D eigenvalue weighted by Crippen LogP contribution is -2.40. The molecule has 3 nitrogen and oxygen atoms in total. The van der Waals surface area contributed by atoms with Crippen LogP contribution >= 0.6 is 0 Å². The van der Waals surface area contributed by atoms with Crippen molar-refractivity contribution in [2.75, 3.05) is 25.1 Å². The van der Waals surface area contributed by atoms with E-state index in [1.54, 1.807) is 7.11 Å². The average molecular weight is 252 g/mol. The molecule has 4 heteroatoms. The molecule has 1 aliphatic rings. The number of methoxy groups -OCH3 is 1. The van der Waals surface area contributed by atoms with Crippen molar-refractivity contribution in [2.45, 2.75) is 31.9 Å². The van der Waals surface area contributed by atoms with Crippen LogP contribution in [-0.4, -0.2) is 26.3 Å². The molecule has 0 aliphatic carbocycles. The number of hydrogen-bond donors (Lipinski definition) is 1. The molecule has 1 aromatic carbocycles. The number of halogens is 1. The van der Waals surface area contributed by atoms with Crippen LogP contribution in [0.5, 0.6) is 0 Å². The highest BCUT2D eigenvalue weighted by Crippen LogP contribution is 2.29. The van der Waals surface area contributed by atoms with Crippen molar-refractivity contribution in [2.24, 2.45) is 5.73 Å². The van der Waals surface area contributed by atoms with E-state index in [1.807, 2.05) is 13.0 Å². The Morgan fingerprint density at radius 1 is 1.50 bits per heavy atom. The van der Waals surface area contributed by atoms with Crippen LogP contribution < -0.4 is 10.6 Å². The van der Waals surface area contributed by atoms with Gasteiger partial charge in [0.2, 0.25) is 0 Å². The van der Waals surface area contributed by atoms with E-state index in [0.717, 1.165) is 37.2 Å². The van der Waals surface area contributed by atoms with Gasteiger partial charge >= 0.3 is 0 Å². The minimum absolute atomic E-state index is 0.168. The Kier molecular flexibility index (Phi) is 4.19. The summed E-state index contributed by atoms with van der Waals surface area (Å²) < 4.78 is 18.7. The molecule has 0 amide bonds. The second kappa shape index (κ2) is 5.67. The molecule has 18 heavy (non-hydrogen) atoms. The van der Waals surface area contributed by atoms with Crippen molar-refractivity contribution in [3.8, 4) is 0 Å². The number of nitrogens with two attached hydrogens (primary N) is 1. The number of ether oxygens (including phenoxy) is 1. The van der Waals surface area contributed by atoms with Crippen LogP contribution in [-0.2, 0) is 4.74 Å². The van der Waals surface area contributed by atoms with E-state index in [2.05, 4.69) is 4.90 Å². The highest BCUT2D eigenvalue weighted by Gasteiger charge is 2.22. The van der Waals surface area contributed by atoms with Gasteiger partial charge in [0.05, 0.1) is 6.10 Å². The molecule has 1 aliphatic heterocycles. The van der Waals surface area contributed by atoms with Gasteiger partial charge in [-0.05, 0) is 43.5 Å². The minimum atomic E-state index is -0.230. The molecule has 2 atom stereocenters. The summed E-state index contributed by atoms with van der Waals surface area (Å²) in [6.45, 7) is 3.71. The van der Waals surface area contributed by atoms with E-state index >= 15 is 0 Å². The molecule has 1 fully saturated rings. The monoisotopic (exact) mass is 252 g/mol. The largest absolute Gasteiger partial charge is 0.380 e. The van der Waals surface area contributed by atoms with Gasteiger partial charge in [-0.1, -0.05) is 0 Å². The number of benzene rings is 1. The van der Waals surface area contributed by atoms with Gasteiger partial charge in [-0.2, -0.15) is 0 Å². The first-order valence-electron chi connectivity index (χ1n) is 6.44. The number of nitrogens with zero attached hydrogens (tertiary/aromatic N) is 1. The van der Waals surface area contributed by atoms with Gasteiger partial charge < -0.3 is 15.4 Å². The summed E-state index contributed by atoms with van der Waals surface area (Å²) in [5.74, 6) is -0.230. The Labute approximate surface area is 108 Å². The molecule has 0 spiro atoms. The molecule has 2 N–H and O–H groups in total. The van der Waals surface area contributed by atoms with E-state index in [0.29, 0.717) is 0 Å². The smallest absolute Gasteiger partial charge is 0.123 e. The summed E-state index contributed by atoms with van der Waals surface area (Å²) >= 11 is 0. The number of hydrogen-bond acceptors (Lipinski definition) is 3. The van der Waals surface area contributed by atoms with Crippen LogP contribution in [0.15, 0.2) is 18.2 Å². The molecule has 100 valence electrons. The summed E-state index contributed by atoms with van der Waals surface area (Å²) in [4.78, 5) is 2.25. The third kappa shape index (κ3) is 2.82. The van der Waals surface area contributed by atoms with E-state index < -0.39 is 0 Å². The third-order valence-electron chi connectivity index (χ3n) is 3.53. The molecule has 1 heterocycles. The van der Waals surface area contributed by atoms with Crippen molar-refractivity contribution >= 4 is 5.69 Å². The summed E-state index contributed by atoms with van der Waals surface area (Å²) in [7, 11) is 1.74. The van der Waals surface area contributed by atoms with E-state index in [4.69, 9.17) is 10.5 Å². The zero-order chi connectivity index (χ0) is 13.1. The lowest BCUT2D eigenvalue weighted by atomic mass is 10.0. The topological polar surface area (TPSA) is 38.5 Å². The molecule has 0 saturated carbocycles. The van der Waals surface area contributed by atoms with Crippen molar-refractivity contribution in [1.82, 2.24) is 0 Å². The van der Waals surface area contributed by atoms with Gasteiger partial charge in [0.15, 0.2) is 0 Å². The summed E-state index contributed by atoms with van der Waals surface area (Å²) in [6, 6.07) is 4.69. The third-order valence-corrected chi connectivity index (χ3v) is 3.53. The highest BCUT2D eigenvalue weighted by molar-refractivity contribution is 5.55.